The van der Waals surface area contributed by atoms with E-state index in [-0.39, 0.29) is 29.5 Å². The lowest BCUT2D eigenvalue weighted by Gasteiger charge is -2.48. The molecule has 3 unspecified atom stereocenters. The van der Waals surface area contributed by atoms with Crippen molar-refractivity contribution in [3.05, 3.63) is 131 Å². The first-order valence-corrected chi connectivity index (χ1v) is 12.6. The van der Waals surface area contributed by atoms with Gasteiger partial charge in [0, 0.05) is 11.6 Å². The molecule has 4 nitrogen and oxygen atoms in total. The first-order valence-electron chi connectivity index (χ1n) is 12.6. The Morgan fingerprint density at radius 2 is 1.45 bits per heavy atom. The van der Waals surface area contributed by atoms with Crippen molar-refractivity contribution in [2.45, 2.75) is 31.4 Å². The molecule has 1 amide bonds. The van der Waals surface area contributed by atoms with Gasteiger partial charge in [-0.3, -0.25) is 4.79 Å². The number of hydrogen-bond donors (Lipinski definition) is 0. The number of ether oxygens (including phenoxy) is 1. The SMILES string of the molecule is O=CC(CCC1C(=O)N(c2ccc(F)cc2)C1c1ccc(OCc2ccccc2)cc1)c1ccc(F)cc1. The van der Waals surface area contributed by atoms with Crippen LogP contribution in [-0.2, 0) is 16.2 Å². The van der Waals surface area contributed by atoms with E-state index >= 15 is 0 Å². The molecule has 4 aromatic rings. The van der Waals surface area contributed by atoms with Gasteiger partial charge >= 0.3 is 0 Å². The largest absolute Gasteiger partial charge is 0.489 e. The lowest BCUT2D eigenvalue weighted by molar-refractivity contribution is -0.131. The fourth-order valence-corrected chi connectivity index (χ4v) is 4.99. The summed E-state index contributed by atoms with van der Waals surface area (Å²) in [6.07, 6.45) is 1.79. The average molecular weight is 512 g/mol. The number of carbonyl (C=O) groups is 2. The van der Waals surface area contributed by atoms with Crippen LogP contribution in [0.4, 0.5) is 14.5 Å². The van der Waals surface area contributed by atoms with Gasteiger partial charge in [0.05, 0.1) is 12.0 Å². The predicted molar refractivity (Wildman–Crippen MR) is 142 cm³/mol. The van der Waals surface area contributed by atoms with Crippen molar-refractivity contribution in [1.29, 1.82) is 0 Å². The first kappa shape index (κ1) is 25.3. The maximum Gasteiger partial charge on any atom is 0.233 e. The van der Waals surface area contributed by atoms with Gasteiger partial charge in [0.2, 0.25) is 5.91 Å². The molecule has 0 aliphatic carbocycles. The molecule has 38 heavy (non-hydrogen) atoms. The Hall–Kier alpha value is -4.32. The molecule has 6 heteroatoms. The molecular formula is C32H27F2NO3. The average Bonchev–Trinajstić information content (AvgIpc) is 2.95. The van der Waals surface area contributed by atoms with E-state index < -0.39 is 5.92 Å². The number of benzene rings is 4. The molecule has 192 valence electrons. The molecule has 5 rings (SSSR count). The van der Waals surface area contributed by atoms with Crippen molar-refractivity contribution < 1.29 is 23.1 Å². The van der Waals surface area contributed by atoms with Crippen LogP contribution >= 0.6 is 0 Å². The highest BCUT2D eigenvalue weighted by Gasteiger charge is 2.48. The van der Waals surface area contributed by atoms with Crippen LogP contribution in [0.25, 0.3) is 0 Å². The quantitative estimate of drug-likeness (QED) is 0.170. The first-order chi connectivity index (χ1) is 18.5. The van der Waals surface area contributed by atoms with Crippen LogP contribution in [0.5, 0.6) is 5.75 Å². The number of rotatable bonds is 10. The van der Waals surface area contributed by atoms with Crippen LogP contribution in [0.3, 0.4) is 0 Å². The summed E-state index contributed by atoms with van der Waals surface area (Å²) in [4.78, 5) is 26.8. The molecule has 3 atom stereocenters. The number of amides is 1. The Morgan fingerprint density at radius 1 is 0.816 bits per heavy atom. The van der Waals surface area contributed by atoms with Crippen molar-refractivity contribution in [2.24, 2.45) is 5.92 Å². The van der Waals surface area contributed by atoms with E-state index in [9.17, 15) is 18.4 Å². The minimum atomic E-state index is -0.433. The molecule has 1 heterocycles. The molecule has 0 aromatic heterocycles. The zero-order valence-corrected chi connectivity index (χ0v) is 20.7. The van der Waals surface area contributed by atoms with Crippen LogP contribution in [0.1, 0.15) is 41.5 Å². The number of anilines is 1. The Kier molecular flexibility index (Phi) is 7.59. The molecule has 4 aromatic carbocycles. The van der Waals surface area contributed by atoms with E-state index in [1.165, 1.54) is 24.3 Å². The van der Waals surface area contributed by atoms with Crippen molar-refractivity contribution in [3.8, 4) is 5.75 Å². The van der Waals surface area contributed by atoms with E-state index in [0.717, 1.165) is 23.0 Å². The van der Waals surface area contributed by atoms with Gasteiger partial charge in [-0.25, -0.2) is 8.78 Å². The summed E-state index contributed by atoms with van der Waals surface area (Å²) in [6.45, 7) is 0.447. The highest BCUT2D eigenvalue weighted by molar-refractivity contribution is 6.03. The third-order valence-corrected chi connectivity index (χ3v) is 7.04. The van der Waals surface area contributed by atoms with Crippen LogP contribution in [-0.4, -0.2) is 12.2 Å². The normalized spacial score (nSPS) is 17.5. The van der Waals surface area contributed by atoms with Crippen LogP contribution in [0, 0.1) is 17.6 Å². The molecular weight excluding hydrogens is 484 g/mol. The fraction of sp³-hybridized carbons (Fsp3) is 0.188. The van der Waals surface area contributed by atoms with Gasteiger partial charge < -0.3 is 14.4 Å². The zero-order chi connectivity index (χ0) is 26.5. The van der Waals surface area contributed by atoms with Gasteiger partial charge in [-0.15, -0.1) is 0 Å². The lowest BCUT2D eigenvalue weighted by atomic mass is 9.77. The second-order valence-electron chi connectivity index (χ2n) is 9.45. The van der Waals surface area contributed by atoms with Crippen LogP contribution in [0.15, 0.2) is 103 Å². The van der Waals surface area contributed by atoms with E-state index in [4.69, 9.17) is 4.74 Å². The highest BCUT2D eigenvalue weighted by Crippen LogP contribution is 2.46. The van der Waals surface area contributed by atoms with E-state index in [1.807, 2.05) is 54.6 Å². The number of nitrogens with zero attached hydrogens (tertiary/aromatic N) is 1. The smallest absolute Gasteiger partial charge is 0.233 e. The number of carbonyl (C=O) groups excluding carboxylic acids is 2. The summed E-state index contributed by atoms with van der Waals surface area (Å²) in [7, 11) is 0. The minimum Gasteiger partial charge on any atom is -0.489 e. The summed E-state index contributed by atoms with van der Waals surface area (Å²) in [5.41, 5.74) is 3.33. The Labute approximate surface area is 220 Å². The third-order valence-electron chi connectivity index (χ3n) is 7.04. The maximum absolute atomic E-state index is 13.6. The third kappa shape index (κ3) is 5.49. The zero-order valence-electron chi connectivity index (χ0n) is 20.7. The Balaban J connectivity index is 1.34. The molecule has 1 fully saturated rings. The second kappa shape index (κ2) is 11.4. The van der Waals surface area contributed by atoms with Crippen LogP contribution < -0.4 is 9.64 Å². The number of β-lactam (4-membered cyclic amide) rings is 1. The van der Waals surface area contributed by atoms with Gasteiger partial charge in [0.15, 0.2) is 0 Å². The van der Waals surface area contributed by atoms with Gasteiger partial charge in [-0.05, 0) is 78.1 Å². The molecule has 0 bridgehead atoms. The summed E-state index contributed by atoms with van der Waals surface area (Å²) in [5.74, 6) is -0.876. The molecule has 0 radical (unpaired) electrons. The summed E-state index contributed by atoms with van der Waals surface area (Å²) in [5, 5.41) is 0. The fourth-order valence-electron chi connectivity index (χ4n) is 4.99. The highest BCUT2D eigenvalue weighted by atomic mass is 19.1. The summed E-state index contributed by atoms with van der Waals surface area (Å²) in [6, 6.07) is 29.0. The lowest BCUT2D eigenvalue weighted by Crippen LogP contribution is -2.55. The molecule has 0 saturated carbocycles. The topological polar surface area (TPSA) is 46.6 Å². The standard InChI is InChI=1S/C32H27F2NO3/c33-26-11-6-23(7-12-26)25(20-36)10-19-30-31(35(32(30)37)28-15-13-27(34)14-16-28)24-8-17-29(18-9-24)38-21-22-4-2-1-3-5-22/h1-9,11-18,20,25,30-31H,10,19,21H2. The van der Waals surface area contributed by atoms with E-state index in [1.54, 1.807) is 29.2 Å². The Bertz CT molecular complexity index is 1370. The monoisotopic (exact) mass is 511 g/mol. The molecule has 0 N–H and O–H groups in total. The predicted octanol–water partition coefficient (Wildman–Crippen LogP) is 7.01. The summed E-state index contributed by atoms with van der Waals surface area (Å²) >= 11 is 0. The van der Waals surface area contributed by atoms with Crippen molar-refractivity contribution >= 4 is 17.9 Å². The number of halogens is 2. The van der Waals surface area contributed by atoms with Crippen molar-refractivity contribution in [3.63, 3.8) is 0 Å². The van der Waals surface area contributed by atoms with E-state index in [2.05, 4.69) is 0 Å². The van der Waals surface area contributed by atoms with Gasteiger partial charge in [-0.1, -0.05) is 54.6 Å². The van der Waals surface area contributed by atoms with E-state index in [0.29, 0.717) is 30.9 Å². The molecule has 1 aliphatic rings. The molecule has 1 aliphatic heterocycles. The summed E-state index contributed by atoms with van der Waals surface area (Å²) < 4.78 is 32.8. The Morgan fingerprint density at radius 3 is 2.08 bits per heavy atom. The van der Waals surface area contributed by atoms with Crippen LogP contribution in [0.2, 0.25) is 0 Å². The number of aldehydes is 1. The van der Waals surface area contributed by atoms with Crippen molar-refractivity contribution in [1.82, 2.24) is 0 Å². The van der Waals surface area contributed by atoms with Crippen molar-refractivity contribution in [2.75, 3.05) is 4.90 Å². The number of hydrogen-bond acceptors (Lipinski definition) is 3. The minimum absolute atomic E-state index is 0.0743. The van der Waals surface area contributed by atoms with Gasteiger partial charge in [-0.2, -0.15) is 0 Å². The molecule has 1 saturated heterocycles. The second-order valence-corrected chi connectivity index (χ2v) is 9.45. The maximum atomic E-state index is 13.6. The molecule has 0 spiro atoms. The van der Waals surface area contributed by atoms with Gasteiger partial charge in [0.1, 0.15) is 30.3 Å². The van der Waals surface area contributed by atoms with Gasteiger partial charge in [0.25, 0.3) is 0 Å².